The summed E-state index contributed by atoms with van der Waals surface area (Å²) in [5, 5.41) is 0. The van der Waals surface area contributed by atoms with E-state index in [0.717, 1.165) is 44.6 Å². The number of anilines is 2. The van der Waals surface area contributed by atoms with Gasteiger partial charge >= 0.3 is 0 Å². The highest BCUT2D eigenvalue weighted by Crippen LogP contribution is 2.22. The lowest BCUT2D eigenvalue weighted by molar-refractivity contribution is 0.122. The maximum atomic E-state index is 5.43. The van der Waals surface area contributed by atoms with E-state index in [0.29, 0.717) is 0 Å². The van der Waals surface area contributed by atoms with Gasteiger partial charge in [0.15, 0.2) is 0 Å². The number of ether oxygens (including phenoxy) is 1. The van der Waals surface area contributed by atoms with Crippen LogP contribution in [-0.2, 0) is 11.3 Å². The molecule has 0 amide bonds. The van der Waals surface area contributed by atoms with Crippen molar-refractivity contribution >= 4 is 11.8 Å². The van der Waals surface area contributed by atoms with Gasteiger partial charge in [-0.3, -0.25) is 0 Å². The smallest absolute Gasteiger partial charge is 0.227 e. The third-order valence-electron chi connectivity index (χ3n) is 4.76. The first-order valence-electron chi connectivity index (χ1n) is 9.31. The van der Waals surface area contributed by atoms with Gasteiger partial charge in [0.1, 0.15) is 5.82 Å². The van der Waals surface area contributed by atoms with Gasteiger partial charge in [-0.15, -0.1) is 0 Å². The van der Waals surface area contributed by atoms with Gasteiger partial charge in [0, 0.05) is 32.9 Å². The Hall–Kier alpha value is -2.92. The normalized spacial score (nSPS) is 14.2. The molecule has 5 heteroatoms. The van der Waals surface area contributed by atoms with Gasteiger partial charge in [-0.1, -0.05) is 48.5 Å². The lowest BCUT2D eigenvalue weighted by Gasteiger charge is -2.28. The molecule has 0 saturated carbocycles. The molecule has 2 aromatic carbocycles. The minimum Gasteiger partial charge on any atom is -0.378 e. The molecule has 0 radical (unpaired) electrons. The molecular weight excluding hydrogens is 336 g/mol. The first-order chi connectivity index (χ1) is 13.3. The zero-order chi connectivity index (χ0) is 18.5. The van der Waals surface area contributed by atoms with Crippen molar-refractivity contribution < 1.29 is 4.74 Å². The van der Waals surface area contributed by atoms with E-state index in [9.17, 15) is 0 Å². The molecule has 1 aliphatic heterocycles. The number of hydrogen-bond acceptors (Lipinski definition) is 5. The Bertz CT molecular complexity index is 878. The van der Waals surface area contributed by atoms with Crippen LogP contribution in [0, 0.1) is 0 Å². The van der Waals surface area contributed by atoms with Crippen molar-refractivity contribution in [2.24, 2.45) is 0 Å². The summed E-state index contributed by atoms with van der Waals surface area (Å²) in [7, 11) is 2.04. The summed E-state index contributed by atoms with van der Waals surface area (Å²) >= 11 is 0. The maximum Gasteiger partial charge on any atom is 0.227 e. The van der Waals surface area contributed by atoms with E-state index in [1.165, 1.54) is 16.7 Å². The monoisotopic (exact) mass is 360 g/mol. The highest BCUT2D eigenvalue weighted by Gasteiger charge is 2.14. The molecule has 1 aliphatic rings. The molecule has 0 aliphatic carbocycles. The average Bonchev–Trinajstić information content (AvgIpc) is 2.75. The number of morpholine rings is 1. The molecule has 0 unspecified atom stereocenters. The second-order valence-electron chi connectivity index (χ2n) is 6.74. The number of rotatable bonds is 5. The zero-order valence-corrected chi connectivity index (χ0v) is 15.6. The molecule has 5 nitrogen and oxygen atoms in total. The van der Waals surface area contributed by atoms with Crippen molar-refractivity contribution in [3.8, 4) is 11.1 Å². The fourth-order valence-electron chi connectivity index (χ4n) is 3.32. The Morgan fingerprint density at radius 3 is 2.56 bits per heavy atom. The summed E-state index contributed by atoms with van der Waals surface area (Å²) < 4.78 is 5.43. The van der Waals surface area contributed by atoms with E-state index in [1.807, 2.05) is 25.4 Å². The molecule has 4 rings (SSSR count). The van der Waals surface area contributed by atoms with Gasteiger partial charge < -0.3 is 14.5 Å². The van der Waals surface area contributed by atoms with Crippen LogP contribution < -0.4 is 9.80 Å². The lowest BCUT2D eigenvalue weighted by Crippen LogP contribution is -2.37. The second-order valence-corrected chi connectivity index (χ2v) is 6.74. The summed E-state index contributed by atoms with van der Waals surface area (Å²) in [6, 6.07) is 21.1. The summed E-state index contributed by atoms with van der Waals surface area (Å²) in [5.74, 6) is 1.71. The van der Waals surface area contributed by atoms with Crippen LogP contribution in [0.3, 0.4) is 0 Å². The standard InChI is InChI=1S/C22H24N4O/c1-25(22-23-11-10-21(24-22)26-12-14-27-15-13-26)17-18-6-5-9-20(16-18)19-7-3-2-4-8-19/h2-11,16H,12-15,17H2,1H3. The third kappa shape index (κ3) is 4.26. The predicted molar refractivity (Wildman–Crippen MR) is 109 cm³/mol. The summed E-state index contributed by atoms with van der Waals surface area (Å²) in [5.41, 5.74) is 3.69. The van der Waals surface area contributed by atoms with E-state index in [1.54, 1.807) is 0 Å². The SMILES string of the molecule is CN(Cc1cccc(-c2ccccc2)c1)c1nccc(N2CCOCC2)n1. The molecule has 138 valence electrons. The fraction of sp³-hybridized carbons (Fsp3) is 0.273. The molecule has 1 saturated heterocycles. The minimum atomic E-state index is 0.740. The van der Waals surface area contributed by atoms with Crippen molar-refractivity contribution in [3.05, 3.63) is 72.4 Å². The van der Waals surface area contributed by atoms with Crippen LogP contribution in [-0.4, -0.2) is 43.3 Å². The molecule has 3 aromatic rings. The van der Waals surface area contributed by atoms with Crippen LogP contribution in [0.2, 0.25) is 0 Å². The Labute approximate surface area is 160 Å². The first kappa shape index (κ1) is 17.5. The van der Waals surface area contributed by atoms with Gasteiger partial charge in [0.2, 0.25) is 5.95 Å². The molecule has 0 atom stereocenters. The molecule has 0 spiro atoms. The maximum absolute atomic E-state index is 5.43. The topological polar surface area (TPSA) is 41.5 Å². The van der Waals surface area contributed by atoms with Gasteiger partial charge in [0.25, 0.3) is 0 Å². The molecule has 1 fully saturated rings. The molecule has 0 N–H and O–H groups in total. The second kappa shape index (κ2) is 8.18. The number of nitrogens with zero attached hydrogens (tertiary/aromatic N) is 4. The number of aromatic nitrogens is 2. The third-order valence-corrected chi connectivity index (χ3v) is 4.76. The van der Waals surface area contributed by atoms with Crippen molar-refractivity contribution in [2.75, 3.05) is 43.2 Å². The van der Waals surface area contributed by atoms with Crippen LogP contribution in [0.15, 0.2) is 66.9 Å². The van der Waals surface area contributed by atoms with E-state index in [-0.39, 0.29) is 0 Å². The molecule has 2 heterocycles. The van der Waals surface area contributed by atoms with Gasteiger partial charge in [-0.2, -0.15) is 4.98 Å². The first-order valence-corrected chi connectivity index (χ1v) is 9.31. The Balaban J connectivity index is 1.50. The average molecular weight is 360 g/mol. The van der Waals surface area contributed by atoms with E-state index >= 15 is 0 Å². The number of benzene rings is 2. The van der Waals surface area contributed by atoms with Crippen molar-refractivity contribution in [3.63, 3.8) is 0 Å². The Morgan fingerprint density at radius 1 is 0.963 bits per heavy atom. The van der Waals surface area contributed by atoms with Crippen LogP contribution >= 0.6 is 0 Å². The van der Waals surface area contributed by atoms with E-state index in [2.05, 4.69) is 63.3 Å². The van der Waals surface area contributed by atoms with Crippen LogP contribution in [0.25, 0.3) is 11.1 Å². The fourth-order valence-corrected chi connectivity index (χ4v) is 3.32. The largest absolute Gasteiger partial charge is 0.378 e. The number of hydrogen-bond donors (Lipinski definition) is 0. The quantitative estimate of drug-likeness (QED) is 0.695. The summed E-state index contributed by atoms with van der Waals surface area (Å²) in [6.45, 7) is 4.01. The van der Waals surface area contributed by atoms with E-state index in [4.69, 9.17) is 9.72 Å². The molecular formula is C22H24N4O. The van der Waals surface area contributed by atoms with Crippen molar-refractivity contribution in [1.82, 2.24) is 9.97 Å². The van der Waals surface area contributed by atoms with Gasteiger partial charge in [-0.25, -0.2) is 4.98 Å². The Kier molecular flexibility index (Phi) is 5.30. The van der Waals surface area contributed by atoms with Gasteiger partial charge in [-0.05, 0) is 28.8 Å². The molecule has 0 bridgehead atoms. The summed E-state index contributed by atoms with van der Waals surface area (Å²) in [4.78, 5) is 13.6. The van der Waals surface area contributed by atoms with Crippen molar-refractivity contribution in [2.45, 2.75) is 6.54 Å². The van der Waals surface area contributed by atoms with Crippen LogP contribution in [0.5, 0.6) is 0 Å². The van der Waals surface area contributed by atoms with E-state index < -0.39 is 0 Å². The highest BCUT2D eigenvalue weighted by atomic mass is 16.5. The van der Waals surface area contributed by atoms with Crippen molar-refractivity contribution in [1.29, 1.82) is 0 Å². The predicted octanol–water partition coefficient (Wildman–Crippen LogP) is 3.62. The lowest BCUT2D eigenvalue weighted by atomic mass is 10.0. The molecule has 27 heavy (non-hydrogen) atoms. The van der Waals surface area contributed by atoms with Crippen LogP contribution in [0.1, 0.15) is 5.56 Å². The zero-order valence-electron chi connectivity index (χ0n) is 15.6. The van der Waals surface area contributed by atoms with Gasteiger partial charge in [0.05, 0.1) is 13.2 Å². The summed E-state index contributed by atoms with van der Waals surface area (Å²) in [6.07, 6.45) is 1.84. The highest BCUT2D eigenvalue weighted by molar-refractivity contribution is 5.64. The molecule has 1 aromatic heterocycles. The Morgan fingerprint density at radius 2 is 1.74 bits per heavy atom. The van der Waals surface area contributed by atoms with Crippen LogP contribution in [0.4, 0.5) is 11.8 Å². The minimum absolute atomic E-state index is 0.740.